The summed E-state index contributed by atoms with van der Waals surface area (Å²) >= 11 is 0. The van der Waals surface area contributed by atoms with Crippen LogP contribution < -0.4 is 4.74 Å². The van der Waals surface area contributed by atoms with Crippen molar-refractivity contribution in [1.82, 2.24) is 14.5 Å². The van der Waals surface area contributed by atoms with Crippen molar-refractivity contribution in [3.63, 3.8) is 0 Å². The number of aryl methyl sites for hydroxylation is 1. The van der Waals surface area contributed by atoms with Crippen LogP contribution in [-0.2, 0) is 10.6 Å². The maximum Gasteiger partial charge on any atom is 0.234 e. The van der Waals surface area contributed by atoms with Crippen LogP contribution >= 0.6 is 0 Å². The second-order valence-corrected chi connectivity index (χ2v) is 7.59. The Labute approximate surface area is 186 Å². The van der Waals surface area contributed by atoms with Gasteiger partial charge in [-0.2, -0.15) is 0 Å². The van der Waals surface area contributed by atoms with Crippen molar-refractivity contribution in [3.05, 3.63) is 83.7 Å². The standard InChI is InChI=1S/C24H25FN4O3/c1-17-15-28(16-26-17)21-10-4-18(14-22(21)31-3)5-11-23-27-32-24(2,29(23)12-13-30)19-6-8-20(25)9-7-19/h4-11,14-16,30H,12-13H2,1-3H3/b11-5+/t24-/m1/s1. The van der Waals surface area contributed by atoms with Gasteiger partial charge in [0, 0.05) is 25.2 Å². The Morgan fingerprint density at radius 3 is 2.62 bits per heavy atom. The topological polar surface area (TPSA) is 72.1 Å². The molecule has 3 aromatic rings. The molecule has 4 rings (SSSR count). The highest BCUT2D eigenvalue weighted by Crippen LogP contribution is 2.35. The fourth-order valence-electron chi connectivity index (χ4n) is 3.70. The van der Waals surface area contributed by atoms with Crippen LogP contribution in [0.5, 0.6) is 5.75 Å². The summed E-state index contributed by atoms with van der Waals surface area (Å²) in [5, 5.41) is 13.8. The molecule has 0 unspecified atom stereocenters. The molecule has 7 nitrogen and oxygen atoms in total. The third kappa shape index (κ3) is 4.09. The van der Waals surface area contributed by atoms with E-state index < -0.39 is 5.72 Å². The highest BCUT2D eigenvalue weighted by atomic mass is 19.1. The first kappa shape index (κ1) is 21.6. The molecule has 0 amide bonds. The zero-order valence-electron chi connectivity index (χ0n) is 18.2. The molecule has 1 N–H and O–H groups in total. The van der Waals surface area contributed by atoms with Gasteiger partial charge >= 0.3 is 0 Å². The molecule has 0 radical (unpaired) electrons. The Kier molecular flexibility index (Phi) is 5.96. The van der Waals surface area contributed by atoms with Gasteiger partial charge < -0.3 is 24.1 Å². The number of rotatable bonds is 7. The van der Waals surface area contributed by atoms with E-state index in [-0.39, 0.29) is 12.4 Å². The van der Waals surface area contributed by atoms with Crippen molar-refractivity contribution in [1.29, 1.82) is 0 Å². The Morgan fingerprint density at radius 1 is 1.19 bits per heavy atom. The van der Waals surface area contributed by atoms with Crippen molar-refractivity contribution in [2.75, 3.05) is 20.3 Å². The maximum absolute atomic E-state index is 13.4. The number of aliphatic hydroxyl groups excluding tert-OH is 1. The maximum atomic E-state index is 13.4. The second kappa shape index (κ2) is 8.84. The van der Waals surface area contributed by atoms with Gasteiger partial charge in [0.15, 0.2) is 5.84 Å². The first-order valence-corrected chi connectivity index (χ1v) is 10.2. The van der Waals surface area contributed by atoms with Gasteiger partial charge in [0.2, 0.25) is 5.72 Å². The number of benzene rings is 2. The largest absolute Gasteiger partial charge is 0.495 e. The summed E-state index contributed by atoms with van der Waals surface area (Å²) in [5.41, 5.74) is 2.50. The number of amidine groups is 1. The van der Waals surface area contributed by atoms with Crippen LogP contribution in [0.1, 0.15) is 23.7 Å². The van der Waals surface area contributed by atoms with E-state index in [0.717, 1.165) is 22.5 Å². The monoisotopic (exact) mass is 436 g/mol. The van der Waals surface area contributed by atoms with Gasteiger partial charge in [-0.15, -0.1) is 0 Å². The molecule has 1 aromatic heterocycles. The van der Waals surface area contributed by atoms with Gasteiger partial charge in [0.1, 0.15) is 11.6 Å². The summed E-state index contributed by atoms with van der Waals surface area (Å²) in [6, 6.07) is 11.9. The van der Waals surface area contributed by atoms with Gasteiger partial charge in [-0.3, -0.25) is 0 Å². The van der Waals surface area contributed by atoms with E-state index in [0.29, 0.717) is 18.1 Å². The number of β-amino-alcohol motifs (C(OH)–C–C–N with tert-alkyl or cyclic N) is 1. The van der Waals surface area contributed by atoms with E-state index in [1.54, 1.807) is 25.6 Å². The second-order valence-electron chi connectivity index (χ2n) is 7.59. The lowest BCUT2D eigenvalue weighted by Gasteiger charge is -2.33. The van der Waals surface area contributed by atoms with Crippen LogP contribution in [0.15, 0.2) is 66.2 Å². The zero-order chi connectivity index (χ0) is 22.7. The van der Waals surface area contributed by atoms with Gasteiger partial charge in [-0.1, -0.05) is 29.4 Å². The number of hydrogen-bond acceptors (Lipinski definition) is 6. The Balaban J connectivity index is 1.59. The quantitative estimate of drug-likeness (QED) is 0.609. The van der Waals surface area contributed by atoms with Gasteiger partial charge in [-0.25, -0.2) is 9.37 Å². The average Bonchev–Trinajstić information content (AvgIpc) is 3.37. The minimum absolute atomic E-state index is 0.0835. The predicted molar refractivity (Wildman–Crippen MR) is 120 cm³/mol. The Morgan fingerprint density at radius 2 is 1.97 bits per heavy atom. The summed E-state index contributed by atoms with van der Waals surface area (Å²) < 4.78 is 20.9. The molecule has 32 heavy (non-hydrogen) atoms. The zero-order valence-corrected chi connectivity index (χ0v) is 18.2. The van der Waals surface area contributed by atoms with Crippen LogP contribution in [-0.4, -0.2) is 45.7 Å². The molecule has 2 aromatic carbocycles. The Hall–Kier alpha value is -3.65. The molecule has 1 aliphatic heterocycles. The van der Waals surface area contributed by atoms with Crippen LogP contribution in [0.2, 0.25) is 0 Å². The molecule has 0 aliphatic carbocycles. The highest BCUT2D eigenvalue weighted by molar-refractivity contribution is 5.97. The van der Waals surface area contributed by atoms with Gasteiger partial charge in [-0.05, 0) is 42.8 Å². The molecule has 0 fully saturated rings. The summed E-state index contributed by atoms with van der Waals surface area (Å²) in [4.78, 5) is 11.9. The molecule has 8 heteroatoms. The molecule has 0 saturated heterocycles. The van der Waals surface area contributed by atoms with E-state index in [9.17, 15) is 9.50 Å². The number of halogens is 1. The van der Waals surface area contributed by atoms with Crippen LogP contribution in [0, 0.1) is 12.7 Å². The summed E-state index contributed by atoms with van der Waals surface area (Å²) in [6.45, 7) is 3.99. The first-order chi connectivity index (χ1) is 15.4. The number of nitrogens with zero attached hydrogens (tertiary/aromatic N) is 4. The van der Waals surface area contributed by atoms with Crippen molar-refractivity contribution < 1.29 is 19.1 Å². The lowest BCUT2D eigenvalue weighted by atomic mass is 10.0. The predicted octanol–water partition coefficient (Wildman–Crippen LogP) is 3.85. The molecule has 1 aliphatic rings. The van der Waals surface area contributed by atoms with E-state index in [4.69, 9.17) is 9.57 Å². The van der Waals surface area contributed by atoms with Crippen LogP contribution in [0.4, 0.5) is 4.39 Å². The Bertz CT molecular complexity index is 1160. The number of imidazole rings is 1. The fraction of sp³-hybridized carbons (Fsp3) is 0.250. The molecular weight excluding hydrogens is 411 g/mol. The number of aromatic nitrogens is 2. The average molecular weight is 436 g/mol. The van der Waals surface area contributed by atoms with Crippen LogP contribution in [0.25, 0.3) is 11.8 Å². The van der Waals surface area contributed by atoms with E-state index in [2.05, 4.69) is 10.1 Å². The first-order valence-electron chi connectivity index (χ1n) is 10.2. The molecule has 0 saturated carbocycles. The SMILES string of the molecule is COc1cc(/C=C/C2=NO[C@](C)(c3ccc(F)cc3)N2CCO)ccc1-n1cnc(C)c1. The van der Waals surface area contributed by atoms with Crippen molar-refractivity contribution in [2.45, 2.75) is 19.6 Å². The molecule has 0 bridgehead atoms. The summed E-state index contributed by atoms with van der Waals surface area (Å²) in [6.07, 6.45) is 7.39. The van der Waals surface area contributed by atoms with Crippen molar-refractivity contribution in [3.8, 4) is 11.4 Å². The minimum Gasteiger partial charge on any atom is -0.495 e. The minimum atomic E-state index is -0.947. The number of aliphatic hydroxyl groups is 1. The summed E-state index contributed by atoms with van der Waals surface area (Å²) in [7, 11) is 1.63. The molecular formula is C24H25FN4O3. The fourth-order valence-corrected chi connectivity index (χ4v) is 3.70. The lowest BCUT2D eigenvalue weighted by molar-refractivity contribution is -0.0932. The third-order valence-corrected chi connectivity index (χ3v) is 5.43. The number of oxime groups is 1. The van der Waals surface area contributed by atoms with E-state index >= 15 is 0 Å². The number of hydrogen-bond donors (Lipinski definition) is 1. The highest BCUT2D eigenvalue weighted by Gasteiger charge is 2.42. The molecule has 0 spiro atoms. The van der Waals surface area contributed by atoms with E-state index in [1.807, 2.05) is 59.9 Å². The smallest absolute Gasteiger partial charge is 0.234 e. The van der Waals surface area contributed by atoms with Gasteiger partial charge in [0.05, 0.1) is 31.4 Å². The molecule has 1 atom stereocenters. The van der Waals surface area contributed by atoms with Crippen LogP contribution in [0.3, 0.4) is 0 Å². The number of ether oxygens (including phenoxy) is 1. The molecule has 2 heterocycles. The number of methoxy groups -OCH3 is 1. The van der Waals surface area contributed by atoms with E-state index in [1.165, 1.54) is 12.1 Å². The van der Waals surface area contributed by atoms with Crippen molar-refractivity contribution >= 4 is 11.9 Å². The molecule has 166 valence electrons. The van der Waals surface area contributed by atoms with Gasteiger partial charge in [0.25, 0.3) is 0 Å². The summed E-state index contributed by atoms with van der Waals surface area (Å²) in [5.74, 6) is 0.935. The normalized spacial score (nSPS) is 18.2. The lowest BCUT2D eigenvalue weighted by Crippen LogP contribution is -2.44. The van der Waals surface area contributed by atoms with Crippen molar-refractivity contribution in [2.24, 2.45) is 5.16 Å². The third-order valence-electron chi connectivity index (χ3n) is 5.43.